The number of carbonyl (C=O) groups is 1. The van der Waals surface area contributed by atoms with E-state index in [2.05, 4.69) is 10.0 Å². The van der Waals surface area contributed by atoms with Crippen molar-refractivity contribution >= 4 is 28.5 Å². The van der Waals surface area contributed by atoms with E-state index in [-0.39, 0.29) is 43.0 Å². The molecular formula is C25H28ClF4N3O3S. The third-order valence-corrected chi connectivity index (χ3v) is 8.41. The highest BCUT2D eigenvalue weighted by Gasteiger charge is 2.61. The number of alkyl halides is 2. The summed E-state index contributed by atoms with van der Waals surface area (Å²) in [5.74, 6) is -1.37. The summed E-state index contributed by atoms with van der Waals surface area (Å²) in [4.78, 5) is 14.4. The molecule has 6 nitrogen and oxygen atoms in total. The van der Waals surface area contributed by atoms with Gasteiger partial charge in [0.1, 0.15) is 17.3 Å². The van der Waals surface area contributed by atoms with Crippen LogP contribution in [0, 0.1) is 17.0 Å². The van der Waals surface area contributed by atoms with Gasteiger partial charge in [-0.15, -0.1) is 12.4 Å². The number of nitrogens with zero attached hydrogens (tertiary/aromatic N) is 1. The van der Waals surface area contributed by atoms with E-state index in [1.165, 1.54) is 4.90 Å². The molecule has 5 rings (SSSR count). The molecule has 3 fully saturated rings. The lowest BCUT2D eigenvalue weighted by molar-refractivity contribution is 0.182. The molecule has 2 atom stereocenters. The van der Waals surface area contributed by atoms with Gasteiger partial charge in [0.05, 0.1) is 12.6 Å². The van der Waals surface area contributed by atoms with Gasteiger partial charge in [0, 0.05) is 23.6 Å². The zero-order chi connectivity index (χ0) is 25.7. The second kappa shape index (κ2) is 10.1. The summed E-state index contributed by atoms with van der Waals surface area (Å²) in [6.07, 6.45) is 1.65. The highest BCUT2D eigenvalue weighted by Crippen LogP contribution is 2.55. The number of carbonyl (C=O) groups excluding carboxylic acids is 1. The van der Waals surface area contributed by atoms with E-state index in [0.717, 1.165) is 12.1 Å². The minimum Gasteiger partial charge on any atom is -0.335 e. The normalized spacial score (nSPS) is 23.0. The molecule has 0 aromatic heterocycles. The Hall–Kier alpha value is -2.37. The molecule has 1 spiro atoms. The fourth-order valence-corrected chi connectivity index (χ4v) is 6.00. The molecule has 12 heteroatoms. The molecule has 2 N–H and O–H groups in total. The minimum absolute atomic E-state index is 0. The summed E-state index contributed by atoms with van der Waals surface area (Å²) in [7, 11) is -4.31. The number of nitrogens with one attached hydrogen (secondary N) is 2. The molecule has 1 heterocycles. The molecule has 0 radical (unpaired) electrons. The maximum atomic E-state index is 15.6. The van der Waals surface area contributed by atoms with Crippen LogP contribution < -0.4 is 10.0 Å². The van der Waals surface area contributed by atoms with Gasteiger partial charge in [-0.3, -0.25) is 0 Å². The number of likely N-dealkylation sites (tertiary alicyclic amines) is 1. The molecule has 0 unspecified atom stereocenters. The van der Waals surface area contributed by atoms with Gasteiger partial charge < -0.3 is 10.2 Å². The lowest BCUT2D eigenvalue weighted by Gasteiger charge is -2.30. The molecule has 1 aliphatic heterocycles. The zero-order valence-corrected chi connectivity index (χ0v) is 21.5. The van der Waals surface area contributed by atoms with Crippen molar-refractivity contribution in [3.05, 3.63) is 59.7 Å². The monoisotopic (exact) mass is 561 g/mol. The Morgan fingerprint density at radius 2 is 1.76 bits per heavy atom. The number of sulfonamides is 1. The summed E-state index contributed by atoms with van der Waals surface area (Å²) >= 11 is 0. The maximum absolute atomic E-state index is 15.6. The first-order valence-corrected chi connectivity index (χ1v) is 13.5. The summed E-state index contributed by atoms with van der Waals surface area (Å²) in [5.41, 5.74) is -1.62. The van der Waals surface area contributed by atoms with Gasteiger partial charge in [0.15, 0.2) is 0 Å². The van der Waals surface area contributed by atoms with Crippen LogP contribution in [0.4, 0.5) is 22.4 Å². The number of halogens is 5. The molecule has 37 heavy (non-hydrogen) atoms. The van der Waals surface area contributed by atoms with Crippen LogP contribution in [0.3, 0.4) is 0 Å². The van der Waals surface area contributed by atoms with Gasteiger partial charge in [-0.1, -0.05) is 30.3 Å². The van der Waals surface area contributed by atoms with E-state index >= 15 is 4.39 Å². The predicted octanol–water partition coefficient (Wildman–Crippen LogP) is 4.49. The maximum Gasteiger partial charge on any atom is 0.317 e. The van der Waals surface area contributed by atoms with E-state index in [1.807, 2.05) is 0 Å². The van der Waals surface area contributed by atoms with Crippen molar-refractivity contribution in [2.24, 2.45) is 5.41 Å². The van der Waals surface area contributed by atoms with Gasteiger partial charge in [-0.25, -0.2) is 35.5 Å². The van der Waals surface area contributed by atoms with Crippen molar-refractivity contribution in [1.82, 2.24) is 14.9 Å². The number of benzene rings is 2. The van der Waals surface area contributed by atoms with Crippen LogP contribution in [0.15, 0.2) is 42.5 Å². The lowest BCUT2D eigenvalue weighted by atomic mass is 9.91. The molecule has 2 aromatic rings. The van der Waals surface area contributed by atoms with Crippen molar-refractivity contribution in [3.8, 4) is 11.1 Å². The summed E-state index contributed by atoms with van der Waals surface area (Å²) in [6, 6.07) is 6.43. The van der Waals surface area contributed by atoms with Crippen molar-refractivity contribution in [2.75, 3.05) is 19.1 Å². The standard InChI is InChI=1S/C25H27F4N3O3S.ClH/c26-15-36(34,35)31-22-20(32(14-24(22)6-7-24)23(33)30-13-25(29)8-9-25)11-17-10-18(27)12-19(21(17)28)16-4-2-1-3-5-16;/h1-5,10,12,20,22,31H,6-9,11,13-15H2,(H,30,33);1H/t20-,22+;/m0./s1. The largest absolute Gasteiger partial charge is 0.335 e. The van der Waals surface area contributed by atoms with Crippen LogP contribution in [0.5, 0.6) is 0 Å². The Morgan fingerprint density at radius 1 is 1.08 bits per heavy atom. The van der Waals surface area contributed by atoms with E-state index in [4.69, 9.17) is 0 Å². The van der Waals surface area contributed by atoms with Gasteiger partial charge in [-0.2, -0.15) is 0 Å². The fraction of sp³-hybridized carbons (Fsp3) is 0.480. The first-order valence-electron chi connectivity index (χ1n) is 11.9. The molecule has 2 aliphatic carbocycles. The van der Waals surface area contributed by atoms with Crippen molar-refractivity contribution in [3.63, 3.8) is 0 Å². The number of amides is 2. The highest BCUT2D eigenvalue weighted by atomic mass is 35.5. The Kier molecular flexibility index (Phi) is 7.53. The van der Waals surface area contributed by atoms with Crippen LogP contribution in [0.1, 0.15) is 31.2 Å². The van der Waals surface area contributed by atoms with E-state index in [9.17, 15) is 26.4 Å². The molecule has 2 amide bonds. The molecular weight excluding hydrogens is 534 g/mol. The second-order valence-electron chi connectivity index (χ2n) is 10.2. The number of hydrogen-bond acceptors (Lipinski definition) is 3. The van der Waals surface area contributed by atoms with Gasteiger partial charge in [0.2, 0.25) is 16.0 Å². The SMILES string of the molecule is Cl.O=C(NCC1(F)CC1)N1CC2(CC2)[C@H](NS(=O)(=O)CF)[C@@H]1Cc1cc(F)cc(-c2ccccc2)c1F. The van der Waals surface area contributed by atoms with Crippen LogP contribution in [0.2, 0.25) is 0 Å². The van der Waals surface area contributed by atoms with Crippen molar-refractivity contribution < 1.29 is 30.8 Å². The van der Waals surface area contributed by atoms with E-state index in [1.54, 1.807) is 30.3 Å². The van der Waals surface area contributed by atoms with E-state index < -0.39 is 56.9 Å². The summed E-state index contributed by atoms with van der Waals surface area (Å²) in [6.45, 7) is -0.0415. The Bertz CT molecular complexity index is 1270. The lowest BCUT2D eigenvalue weighted by Crippen LogP contribution is -2.52. The van der Waals surface area contributed by atoms with E-state index in [0.29, 0.717) is 31.2 Å². The third-order valence-electron chi connectivity index (χ3n) is 7.51. The third kappa shape index (κ3) is 5.73. The highest BCUT2D eigenvalue weighted by molar-refractivity contribution is 7.89. The quantitative estimate of drug-likeness (QED) is 0.466. The first kappa shape index (κ1) is 27.7. The van der Waals surface area contributed by atoms with Crippen molar-refractivity contribution in [1.29, 1.82) is 0 Å². The Morgan fingerprint density at radius 3 is 2.35 bits per heavy atom. The Balaban J connectivity index is 0.00000320. The van der Waals surface area contributed by atoms with Crippen LogP contribution >= 0.6 is 12.4 Å². The first-order chi connectivity index (χ1) is 17.0. The topological polar surface area (TPSA) is 78.5 Å². The molecule has 3 aliphatic rings. The summed E-state index contributed by atoms with van der Waals surface area (Å²) < 4.78 is 84.3. The average Bonchev–Trinajstić information content (AvgIpc) is 3.77. The predicted molar refractivity (Wildman–Crippen MR) is 133 cm³/mol. The number of rotatable bonds is 8. The second-order valence-corrected chi connectivity index (χ2v) is 11.9. The van der Waals surface area contributed by atoms with Gasteiger partial charge in [0.25, 0.3) is 0 Å². The fourth-order valence-electron chi connectivity index (χ4n) is 5.15. The van der Waals surface area contributed by atoms with Crippen LogP contribution in [0.25, 0.3) is 11.1 Å². The smallest absolute Gasteiger partial charge is 0.317 e. The van der Waals surface area contributed by atoms with Crippen LogP contribution in [-0.2, 0) is 16.4 Å². The van der Waals surface area contributed by atoms with Gasteiger partial charge in [-0.05, 0) is 55.4 Å². The molecule has 2 aromatic carbocycles. The number of urea groups is 1. The average molecular weight is 562 g/mol. The zero-order valence-electron chi connectivity index (χ0n) is 19.9. The minimum atomic E-state index is -4.31. The molecule has 202 valence electrons. The number of hydrogen-bond donors (Lipinski definition) is 2. The summed E-state index contributed by atoms with van der Waals surface area (Å²) in [5, 5.41) is 2.56. The molecule has 2 saturated carbocycles. The van der Waals surface area contributed by atoms with Crippen LogP contribution in [-0.4, -0.2) is 56.2 Å². The molecule has 0 bridgehead atoms. The Labute approximate surface area is 219 Å². The van der Waals surface area contributed by atoms with Gasteiger partial charge >= 0.3 is 6.03 Å². The molecule has 1 saturated heterocycles. The van der Waals surface area contributed by atoms with Crippen molar-refractivity contribution in [2.45, 2.75) is 49.9 Å².